The lowest BCUT2D eigenvalue weighted by atomic mass is 10.3. The second-order valence-electron chi connectivity index (χ2n) is 4.94. The summed E-state index contributed by atoms with van der Waals surface area (Å²) in [7, 11) is -2.15. The Morgan fingerprint density at radius 1 is 1.45 bits per heavy atom. The van der Waals surface area contributed by atoms with E-state index in [2.05, 4.69) is 4.74 Å². The first kappa shape index (κ1) is 17.1. The minimum atomic E-state index is -4.70. The van der Waals surface area contributed by atoms with E-state index < -0.39 is 37.6 Å². The first-order valence-corrected chi connectivity index (χ1v) is 7.85. The summed E-state index contributed by atoms with van der Waals surface area (Å²) < 4.78 is 70.1. The zero-order valence-electron chi connectivity index (χ0n) is 11.5. The van der Waals surface area contributed by atoms with Crippen LogP contribution < -0.4 is 4.72 Å². The molecule has 1 aromatic heterocycles. The molecule has 11 heteroatoms. The molecule has 6 nitrogen and oxygen atoms in total. The van der Waals surface area contributed by atoms with E-state index >= 15 is 0 Å². The number of nitrogens with one attached hydrogen (secondary N) is 1. The molecule has 0 unspecified atom stereocenters. The third kappa shape index (κ3) is 2.70. The molecule has 0 bridgehead atoms. The first-order valence-electron chi connectivity index (χ1n) is 5.99. The van der Waals surface area contributed by atoms with Crippen molar-refractivity contribution in [3.63, 3.8) is 0 Å². The molecule has 22 heavy (non-hydrogen) atoms. The summed E-state index contributed by atoms with van der Waals surface area (Å²) in [5, 5.41) is -0.486. The maximum atomic E-state index is 12.9. The van der Waals surface area contributed by atoms with E-state index in [0.29, 0.717) is 0 Å². The maximum Gasteiger partial charge on any atom is 0.407 e. The molecule has 1 N–H and O–H groups in total. The lowest BCUT2D eigenvalue weighted by Gasteiger charge is -2.20. The number of ether oxygens (including phenoxy) is 1. The van der Waals surface area contributed by atoms with Crippen LogP contribution in [0.2, 0.25) is 5.02 Å². The fourth-order valence-electron chi connectivity index (χ4n) is 1.97. The van der Waals surface area contributed by atoms with Gasteiger partial charge in [-0.25, -0.2) is 13.2 Å². The van der Waals surface area contributed by atoms with Gasteiger partial charge in [0.25, 0.3) is 0 Å². The third-order valence-electron chi connectivity index (χ3n) is 3.38. The highest BCUT2D eigenvalue weighted by Gasteiger charge is 2.65. The molecule has 1 aliphatic carbocycles. The quantitative estimate of drug-likeness (QED) is 0.831. The van der Waals surface area contributed by atoms with E-state index in [1.165, 1.54) is 7.05 Å². The van der Waals surface area contributed by atoms with Crippen molar-refractivity contribution in [3.05, 3.63) is 16.9 Å². The van der Waals surface area contributed by atoms with Crippen LogP contribution in [-0.4, -0.2) is 37.8 Å². The van der Waals surface area contributed by atoms with Crippen molar-refractivity contribution in [1.82, 2.24) is 9.29 Å². The SMILES string of the molecule is COC(=O)c1c(Cl)c(S(=O)(=O)NC2(C(F)(F)F)CC2)cn1C. The number of carbonyl (C=O) groups is 1. The van der Waals surface area contributed by atoms with Gasteiger partial charge in [-0.2, -0.15) is 17.9 Å². The second kappa shape index (κ2) is 5.14. The summed E-state index contributed by atoms with van der Waals surface area (Å²) in [4.78, 5) is 10.9. The van der Waals surface area contributed by atoms with Crippen LogP contribution in [0, 0.1) is 0 Å². The fraction of sp³-hybridized carbons (Fsp3) is 0.545. The molecule has 1 saturated carbocycles. The van der Waals surface area contributed by atoms with Crippen molar-refractivity contribution in [2.75, 3.05) is 7.11 Å². The minimum Gasteiger partial charge on any atom is -0.464 e. The van der Waals surface area contributed by atoms with Crippen LogP contribution in [0.4, 0.5) is 13.2 Å². The predicted octanol–water partition coefficient (Wildman–Crippen LogP) is 1.84. The van der Waals surface area contributed by atoms with Crippen LogP contribution >= 0.6 is 11.6 Å². The van der Waals surface area contributed by atoms with Gasteiger partial charge < -0.3 is 9.30 Å². The Balaban J connectivity index is 2.42. The first-order chi connectivity index (χ1) is 9.95. The van der Waals surface area contributed by atoms with Crippen molar-refractivity contribution >= 4 is 27.6 Å². The molecule has 1 fully saturated rings. The molecule has 1 heterocycles. The molecule has 2 rings (SSSR count). The average Bonchev–Trinajstić information content (AvgIpc) is 3.08. The molecule has 1 aromatic rings. The number of sulfonamides is 1. The van der Waals surface area contributed by atoms with Gasteiger partial charge in [0.2, 0.25) is 10.0 Å². The van der Waals surface area contributed by atoms with Crippen molar-refractivity contribution in [1.29, 1.82) is 0 Å². The number of alkyl halides is 3. The van der Waals surface area contributed by atoms with Crippen LogP contribution in [0.25, 0.3) is 0 Å². The molecular weight excluding hydrogens is 349 g/mol. The fourth-order valence-corrected chi connectivity index (χ4v) is 4.10. The van der Waals surface area contributed by atoms with Crippen LogP contribution in [0.3, 0.4) is 0 Å². The average molecular weight is 361 g/mol. The molecule has 124 valence electrons. The molecule has 1 aliphatic rings. The van der Waals surface area contributed by atoms with E-state index in [1.807, 2.05) is 0 Å². The molecule has 0 aromatic carbocycles. The van der Waals surface area contributed by atoms with Crippen molar-refractivity contribution in [3.8, 4) is 0 Å². The van der Waals surface area contributed by atoms with Crippen LogP contribution in [0.5, 0.6) is 0 Å². The Morgan fingerprint density at radius 3 is 2.41 bits per heavy atom. The maximum absolute atomic E-state index is 12.9. The zero-order chi connectivity index (χ0) is 16.9. The molecule has 0 aliphatic heterocycles. The zero-order valence-corrected chi connectivity index (χ0v) is 13.1. The summed E-state index contributed by atoms with van der Waals surface area (Å²) in [5.74, 6) is -0.897. The number of aromatic nitrogens is 1. The highest BCUT2D eigenvalue weighted by molar-refractivity contribution is 7.89. The number of hydrogen-bond acceptors (Lipinski definition) is 4. The second-order valence-corrected chi connectivity index (χ2v) is 6.97. The smallest absolute Gasteiger partial charge is 0.407 e. The van der Waals surface area contributed by atoms with Gasteiger partial charge in [-0.05, 0) is 12.8 Å². The van der Waals surface area contributed by atoms with Crippen LogP contribution in [-0.2, 0) is 21.8 Å². The summed E-state index contributed by atoms with van der Waals surface area (Å²) >= 11 is 5.83. The van der Waals surface area contributed by atoms with E-state index in [9.17, 15) is 26.4 Å². The number of halogens is 4. The lowest BCUT2D eigenvalue weighted by molar-refractivity contribution is -0.160. The predicted molar refractivity (Wildman–Crippen MR) is 70.1 cm³/mol. The summed E-state index contributed by atoms with van der Waals surface area (Å²) in [6.07, 6.45) is -4.43. The van der Waals surface area contributed by atoms with E-state index in [-0.39, 0.29) is 18.5 Å². The topological polar surface area (TPSA) is 77.4 Å². The van der Waals surface area contributed by atoms with E-state index in [4.69, 9.17) is 11.6 Å². The van der Waals surface area contributed by atoms with Gasteiger partial charge in [0.1, 0.15) is 16.1 Å². The number of carbonyl (C=O) groups excluding carboxylic acids is 1. The number of nitrogens with zero attached hydrogens (tertiary/aromatic N) is 1. The van der Waals surface area contributed by atoms with Crippen LogP contribution in [0.1, 0.15) is 23.3 Å². The van der Waals surface area contributed by atoms with Gasteiger partial charge >= 0.3 is 12.1 Å². The number of rotatable bonds is 4. The Labute approximate surface area is 129 Å². The van der Waals surface area contributed by atoms with Crippen molar-refractivity contribution in [2.24, 2.45) is 7.05 Å². The Morgan fingerprint density at radius 2 is 2.00 bits per heavy atom. The van der Waals surface area contributed by atoms with Gasteiger partial charge in [-0.15, -0.1) is 0 Å². The summed E-state index contributed by atoms with van der Waals surface area (Å²) in [5.41, 5.74) is -2.72. The molecule has 0 saturated heterocycles. The Hall–Kier alpha value is -1.26. The van der Waals surface area contributed by atoms with Gasteiger partial charge in [0, 0.05) is 13.2 Å². The van der Waals surface area contributed by atoms with Gasteiger partial charge in [-0.3, -0.25) is 0 Å². The molecular formula is C11H12ClF3N2O4S. The number of esters is 1. The summed E-state index contributed by atoms with van der Waals surface area (Å²) in [6, 6.07) is 0. The highest BCUT2D eigenvalue weighted by atomic mass is 35.5. The highest BCUT2D eigenvalue weighted by Crippen LogP contribution is 2.50. The van der Waals surface area contributed by atoms with Gasteiger partial charge in [0.05, 0.1) is 12.1 Å². The minimum absolute atomic E-state index is 0.263. The van der Waals surface area contributed by atoms with Crippen LogP contribution in [0.15, 0.2) is 11.1 Å². The van der Waals surface area contributed by atoms with Crippen molar-refractivity contribution < 1.29 is 31.1 Å². The molecule has 0 atom stereocenters. The Bertz CT molecular complexity index is 722. The van der Waals surface area contributed by atoms with Crippen molar-refractivity contribution in [2.45, 2.75) is 29.5 Å². The number of aryl methyl sites for hydroxylation is 1. The van der Waals surface area contributed by atoms with Gasteiger partial charge in [-0.1, -0.05) is 11.6 Å². The number of hydrogen-bond donors (Lipinski definition) is 1. The summed E-state index contributed by atoms with van der Waals surface area (Å²) in [6.45, 7) is 0. The number of methoxy groups -OCH3 is 1. The molecule has 0 amide bonds. The molecule has 0 spiro atoms. The monoisotopic (exact) mass is 360 g/mol. The van der Waals surface area contributed by atoms with E-state index in [0.717, 1.165) is 17.9 Å². The van der Waals surface area contributed by atoms with Gasteiger partial charge in [0.15, 0.2) is 0 Å². The third-order valence-corrected chi connectivity index (χ3v) is 5.42. The lowest BCUT2D eigenvalue weighted by Crippen LogP contribution is -2.47. The molecule has 0 radical (unpaired) electrons. The largest absolute Gasteiger partial charge is 0.464 e. The normalized spacial score (nSPS) is 17.4. The standard InChI is InChI=1S/C11H12ClF3N2O4S/c1-17-5-6(7(12)8(17)9(18)21-2)22(19,20)16-10(3-4-10)11(13,14)15/h5,16H,3-4H2,1-2H3. The Kier molecular flexibility index (Phi) is 3.99. The van der Waals surface area contributed by atoms with E-state index in [1.54, 1.807) is 4.72 Å².